The highest BCUT2D eigenvalue weighted by atomic mass is 16.5. The van der Waals surface area contributed by atoms with Crippen molar-refractivity contribution in [3.05, 3.63) is 35.9 Å². The van der Waals surface area contributed by atoms with Crippen molar-refractivity contribution >= 4 is 5.91 Å². The number of nitrogens with zero attached hydrogens (tertiary/aromatic N) is 2. The summed E-state index contributed by atoms with van der Waals surface area (Å²) in [5.74, 6) is 0.269. The van der Waals surface area contributed by atoms with Crippen molar-refractivity contribution in [1.82, 2.24) is 9.80 Å². The first-order valence-electron chi connectivity index (χ1n) is 10.5. The quantitative estimate of drug-likeness (QED) is 0.798. The molecule has 3 rings (SSSR count). The number of ether oxygens (including phenoxy) is 1. The summed E-state index contributed by atoms with van der Waals surface area (Å²) in [6, 6.07) is 11.6. The Hall–Kier alpha value is -1.43. The fourth-order valence-electron chi connectivity index (χ4n) is 4.40. The Morgan fingerprint density at radius 1 is 1.15 bits per heavy atom. The van der Waals surface area contributed by atoms with Crippen molar-refractivity contribution in [3.8, 4) is 0 Å². The van der Waals surface area contributed by atoms with Crippen LogP contribution < -0.4 is 5.73 Å². The van der Waals surface area contributed by atoms with Gasteiger partial charge in [0.15, 0.2) is 0 Å². The third kappa shape index (κ3) is 6.03. The molecule has 0 saturated carbocycles. The van der Waals surface area contributed by atoms with Crippen LogP contribution in [0.3, 0.4) is 0 Å². The third-order valence-corrected chi connectivity index (χ3v) is 6.23. The highest BCUT2D eigenvalue weighted by molar-refractivity contribution is 5.76. The minimum Gasteiger partial charge on any atom is -0.381 e. The van der Waals surface area contributed by atoms with Gasteiger partial charge in [-0.25, -0.2) is 0 Å². The molecule has 0 spiro atoms. The fraction of sp³-hybridized carbons (Fsp3) is 0.682. The average molecular weight is 374 g/mol. The Kier molecular flexibility index (Phi) is 7.68. The Balaban J connectivity index is 1.36. The lowest BCUT2D eigenvalue weighted by Crippen LogP contribution is -2.49. The molecule has 150 valence electrons. The molecule has 27 heavy (non-hydrogen) atoms. The van der Waals surface area contributed by atoms with E-state index in [1.807, 2.05) is 23.1 Å². The van der Waals surface area contributed by atoms with E-state index in [4.69, 9.17) is 10.5 Å². The molecule has 1 aromatic carbocycles. The van der Waals surface area contributed by atoms with Crippen molar-refractivity contribution in [2.45, 2.75) is 63.1 Å². The zero-order valence-electron chi connectivity index (χ0n) is 16.7. The SMILES string of the molecule is CN(C1CCOCC1)C1CCN(C(=O)CC[C@H](N)Cc2ccccc2)CC1. The van der Waals surface area contributed by atoms with Crippen molar-refractivity contribution in [2.75, 3.05) is 33.4 Å². The van der Waals surface area contributed by atoms with E-state index in [1.165, 1.54) is 5.56 Å². The van der Waals surface area contributed by atoms with Crippen LogP contribution in [-0.2, 0) is 16.0 Å². The average Bonchev–Trinajstić information content (AvgIpc) is 2.73. The number of carbonyl (C=O) groups excluding carboxylic acids is 1. The van der Waals surface area contributed by atoms with Gasteiger partial charge in [-0.05, 0) is 51.1 Å². The fourth-order valence-corrected chi connectivity index (χ4v) is 4.40. The number of piperidine rings is 1. The molecule has 0 bridgehead atoms. The van der Waals surface area contributed by atoms with E-state index < -0.39 is 0 Å². The van der Waals surface area contributed by atoms with Gasteiger partial charge in [-0.3, -0.25) is 4.79 Å². The Labute approximate surface area is 163 Å². The molecule has 0 radical (unpaired) electrons. The smallest absolute Gasteiger partial charge is 0.222 e. The van der Waals surface area contributed by atoms with Gasteiger partial charge in [0, 0.05) is 50.8 Å². The van der Waals surface area contributed by atoms with Crippen molar-refractivity contribution in [3.63, 3.8) is 0 Å². The monoisotopic (exact) mass is 373 g/mol. The van der Waals surface area contributed by atoms with Gasteiger partial charge in [0.25, 0.3) is 0 Å². The van der Waals surface area contributed by atoms with Gasteiger partial charge in [0.05, 0.1) is 0 Å². The van der Waals surface area contributed by atoms with Crippen LogP contribution in [0.15, 0.2) is 30.3 Å². The molecule has 0 unspecified atom stereocenters. The van der Waals surface area contributed by atoms with Crippen LogP contribution in [0.2, 0.25) is 0 Å². The van der Waals surface area contributed by atoms with E-state index in [1.54, 1.807) is 0 Å². The first-order chi connectivity index (χ1) is 13.1. The molecule has 2 heterocycles. The molecule has 0 aromatic heterocycles. The Morgan fingerprint density at radius 3 is 2.44 bits per heavy atom. The highest BCUT2D eigenvalue weighted by Crippen LogP contribution is 2.22. The second-order valence-electron chi connectivity index (χ2n) is 8.11. The summed E-state index contributed by atoms with van der Waals surface area (Å²) in [6.07, 6.45) is 6.59. The second-order valence-corrected chi connectivity index (χ2v) is 8.11. The van der Waals surface area contributed by atoms with E-state index in [2.05, 4.69) is 24.1 Å². The van der Waals surface area contributed by atoms with Crippen molar-refractivity contribution in [2.24, 2.45) is 5.73 Å². The van der Waals surface area contributed by atoms with Gasteiger partial charge in [-0.1, -0.05) is 30.3 Å². The maximum Gasteiger partial charge on any atom is 0.222 e. The van der Waals surface area contributed by atoms with Gasteiger partial charge < -0.3 is 20.3 Å². The van der Waals surface area contributed by atoms with Gasteiger partial charge in [-0.15, -0.1) is 0 Å². The summed E-state index contributed by atoms with van der Waals surface area (Å²) in [4.78, 5) is 17.2. The normalized spacial score (nSPS) is 20.8. The molecule has 2 aliphatic rings. The van der Waals surface area contributed by atoms with Crippen LogP contribution in [0, 0.1) is 0 Å². The Bertz CT molecular complexity index is 566. The number of likely N-dealkylation sites (tertiary alicyclic amines) is 1. The number of benzene rings is 1. The van der Waals surface area contributed by atoms with Crippen LogP contribution in [0.25, 0.3) is 0 Å². The van der Waals surface area contributed by atoms with Crippen molar-refractivity contribution in [1.29, 1.82) is 0 Å². The van der Waals surface area contributed by atoms with Gasteiger partial charge in [0.2, 0.25) is 5.91 Å². The van der Waals surface area contributed by atoms with Crippen molar-refractivity contribution < 1.29 is 9.53 Å². The number of amides is 1. The van der Waals surface area contributed by atoms with Crippen LogP contribution in [0.4, 0.5) is 0 Å². The minimum absolute atomic E-state index is 0.0496. The summed E-state index contributed by atoms with van der Waals surface area (Å²) in [6.45, 7) is 3.53. The topological polar surface area (TPSA) is 58.8 Å². The van der Waals surface area contributed by atoms with Crippen LogP contribution >= 0.6 is 0 Å². The summed E-state index contributed by atoms with van der Waals surface area (Å²) < 4.78 is 5.48. The van der Waals surface area contributed by atoms with Gasteiger partial charge in [-0.2, -0.15) is 0 Å². The number of carbonyl (C=O) groups is 1. The maximum absolute atomic E-state index is 12.6. The largest absolute Gasteiger partial charge is 0.381 e. The molecule has 2 fully saturated rings. The highest BCUT2D eigenvalue weighted by Gasteiger charge is 2.29. The molecule has 5 heteroatoms. The Morgan fingerprint density at radius 2 is 1.78 bits per heavy atom. The van der Waals surface area contributed by atoms with E-state index in [-0.39, 0.29) is 11.9 Å². The molecule has 2 aliphatic heterocycles. The predicted molar refractivity (Wildman–Crippen MR) is 109 cm³/mol. The van der Waals surface area contributed by atoms with Gasteiger partial charge in [0.1, 0.15) is 0 Å². The molecule has 0 aliphatic carbocycles. The summed E-state index contributed by atoms with van der Waals surface area (Å²) >= 11 is 0. The van der Waals surface area contributed by atoms with Gasteiger partial charge >= 0.3 is 0 Å². The lowest BCUT2D eigenvalue weighted by Gasteiger charge is -2.41. The maximum atomic E-state index is 12.6. The summed E-state index contributed by atoms with van der Waals surface area (Å²) in [5.41, 5.74) is 7.49. The molecular weight excluding hydrogens is 338 g/mol. The number of hydrogen-bond acceptors (Lipinski definition) is 4. The van der Waals surface area contributed by atoms with Crippen LogP contribution in [0.1, 0.15) is 44.1 Å². The van der Waals surface area contributed by atoms with E-state index >= 15 is 0 Å². The molecule has 1 amide bonds. The number of nitrogens with two attached hydrogens (primary N) is 1. The molecule has 5 nitrogen and oxygen atoms in total. The van der Waals surface area contributed by atoms with Crippen LogP contribution in [0.5, 0.6) is 0 Å². The standard InChI is InChI=1S/C22H35N3O2/c1-24(21-11-15-27-16-12-21)20-9-13-25(14-10-20)22(26)8-7-19(23)17-18-5-3-2-4-6-18/h2-6,19-21H,7-17,23H2,1H3/t19-/m0/s1. The van der Waals surface area contributed by atoms with E-state index in [0.717, 1.165) is 64.8 Å². The second kappa shape index (κ2) is 10.2. The lowest BCUT2D eigenvalue weighted by atomic mass is 9.98. The molecule has 1 atom stereocenters. The molecule has 1 aromatic rings. The molecule has 2 saturated heterocycles. The number of hydrogen-bond donors (Lipinski definition) is 1. The predicted octanol–water partition coefficient (Wildman–Crippen LogP) is 2.44. The zero-order chi connectivity index (χ0) is 19.1. The molecule has 2 N–H and O–H groups in total. The molecular formula is C22H35N3O2. The summed E-state index contributed by atoms with van der Waals surface area (Å²) in [7, 11) is 2.25. The van der Waals surface area contributed by atoms with E-state index in [0.29, 0.717) is 18.5 Å². The first kappa shape index (κ1) is 20.3. The third-order valence-electron chi connectivity index (χ3n) is 6.23. The number of rotatable bonds is 7. The minimum atomic E-state index is 0.0496. The van der Waals surface area contributed by atoms with E-state index in [9.17, 15) is 4.79 Å². The van der Waals surface area contributed by atoms with Crippen LogP contribution in [-0.4, -0.2) is 67.2 Å². The first-order valence-corrected chi connectivity index (χ1v) is 10.5. The summed E-state index contributed by atoms with van der Waals surface area (Å²) in [5, 5.41) is 0. The zero-order valence-corrected chi connectivity index (χ0v) is 16.7. The lowest BCUT2D eigenvalue weighted by molar-refractivity contribution is -0.133.